The molecule has 152 valence electrons. The highest BCUT2D eigenvalue weighted by atomic mass is 32.2. The maximum Gasteiger partial charge on any atom is 0.203 e. The molecule has 1 unspecified atom stereocenters. The minimum absolute atomic E-state index is 0.102. The molecule has 1 fully saturated rings. The van der Waals surface area contributed by atoms with Crippen molar-refractivity contribution in [3.05, 3.63) is 53.1 Å². The van der Waals surface area contributed by atoms with Crippen LogP contribution in [0.5, 0.6) is 5.75 Å². The first-order chi connectivity index (χ1) is 13.3. The van der Waals surface area contributed by atoms with Crippen molar-refractivity contribution in [3.8, 4) is 5.75 Å². The van der Waals surface area contributed by atoms with E-state index in [9.17, 15) is 8.42 Å². The van der Waals surface area contributed by atoms with Crippen LogP contribution in [0.15, 0.2) is 36.9 Å². The van der Waals surface area contributed by atoms with E-state index in [1.807, 2.05) is 28.8 Å². The standard InChI is InChI=1S/C19H26N4O3S2/c1-4-10-22-18(16-9-11-28(24,25)13-16)20-23(19(22)27)14-21(2)12-15-5-7-17(26-3)8-6-15/h4-8,16H,1,9-14H2,2-3H3/p+1/t16-/m1/s1. The number of allylic oxidation sites excluding steroid dienone is 1. The second-order valence-corrected chi connectivity index (χ2v) is 9.87. The summed E-state index contributed by atoms with van der Waals surface area (Å²) < 4.78 is 33.3. The summed E-state index contributed by atoms with van der Waals surface area (Å²) in [6.45, 7) is 5.74. The van der Waals surface area contributed by atoms with Gasteiger partial charge < -0.3 is 9.64 Å². The van der Waals surface area contributed by atoms with Crippen LogP contribution < -0.4 is 9.64 Å². The van der Waals surface area contributed by atoms with Gasteiger partial charge >= 0.3 is 0 Å². The van der Waals surface area contributed by atoms with Crippen LogP contribution in [0.4, 0.5) is 0 Å². The topological polar surface area (TPSA) is 70.6 Å². The van der Waals surface area contributed by atoms with Crippen molar-refractivity contribution in [1.29, 1.82) is 0 Å². The first-order valence-corrected chi connectivity index (χ1v) is 11.5. The molecule has 0 radical (unpaired) electrons. The van der Waals surface area contributed by atoms with Gasteiger partial charge in [0.05, 0.1) is 25.7 Å². The fraction of sp³-hybridized carbons (Fsp3) is 0.474. The molecule has 0 saturated carbocycles. The van der Waals surface area contributed by atoms with Crippen LogP contribution in [0.3, 0.4) is 0 Å². The third-order valence-electron chi connectivity index (χ3n) is 4.95. The van der Waals surface area contributed by atoms with E-state index in [0.29, 0.717) is 24.4 Å². The SMILES string of the molecule is C=CCn1c([C@@H]2CCS(=O)(=O)C2)nn(C[NH+](C)Cc2ccc(OC)cc2)c1=S. The molecule has 1 aliphatic rings. The summed E-state index contributed by atoms with van der Waals surface area (Å²) in [5.74, 6) is 1.85. The van der Waals surface area contributed by atoms with Gasteiger partial charge in [0, 0.05) is 18.0 Å². The molecule has 0 spiro atoms. The Morgan fingerprint density at radius 1 is 1.39 bits per heavy atom. The Morgan fingerprint density at radius 2 is 2.11 bits per heavy atom. The van der Waals surface area contributed by atoms with Crippen molar-refractivity contribution in [2.75, 3.05) is 25.7 Å². The van der Waals surface area contributed by atoms with E-state index in [4.69, 9.17) is 22.1 Å². The smallest absolute Gasteiger partial charge is 0.203 e. The zero-order chi connectivity index (χ0) is 20.3. The van der Waals surface area contributed by atoms with E-state index in [-0.39, 0.29) is 17.4 Å². The van der Waals surface area contributed by atoms with E-state index in [2.05, 4.69) is 13.6 Å². The largest absolute Gasteiger partial charge is 0.497 e. The highest BCUT2D eigenvalue weighted by molar-refractivity contribution is 7.91. The lowest BCUT2D eigenvalue weighted by atomic mass is 10.1. The molecule has 28 heavy (non-hydrogen) atoms. The quantitative estimate of drug-likeness (QED) is 0.510. The Morgan fingerprint density at radius 3 is 2.68 bits per heavy atom. The van der Waals surface area contributed by atoms with Gasteiger partial charge in [0.15, 0.2) is 16.5 Å². The fourth-order valence-corrected chi connectivity index (χ4v) is 5.58. The highest BCUT2D eigenvalue weighted by Gasteiger charge is 2.33. The van der Waals surface area contributed by atoms with Crippen LogP contribution in [-0.2, 0) is 29.6 Å². The predicted molar refractivity (Wildman–Crippen MR) is 111 cm³/mol. The van der Waals surface area contributed by atoms with Gasteiger partial charge in [0.2, 0.25) is 4.77 Å². The Balaban J connectivity index is 1.78. The molecule has 2 atom stereocenters. The number of sulfone groups is 1. The number of methoxy groups -OCH3 is 1. The highest BCUT2D eigenvalue weighted by Crippen LogP contribution is 2.28. The number of quaternary nitrogens is 1. The lowest BCUT2D eigenvalue weighted by Crippen LogP contribution is -3.07. The van der Waals surface area contributed by atoms with E-state index >= 15 is 0 Å². The number of benzene rings is 1. The number of hydrogen-bond acceptors (Lipinski definition) is 5. The molecule has 1 aromatic carbocycles. The van der Waals surface area contributed by atoms with E-state index < -0.39 is 9.84 Å². The van der Waals surface area contributed by atoms with E-state index in [0.717, 1.165) is 18.1 Å². The lowest BCUT2D eigenvalue weighted by Gasteiger charge is -2.14. The fourth-order valence-electron chi connectivity index (χ4n) is 3.57. The third kappa shape index (κ3) is 4.71. The first kappa shape index (κ1) is 20.8. The minimum atomic E-state index is -2.99. The van der Waals surface area contributed by atoms with E-state index in [1.165, 1.54) is 10.5 Å². The summed E-state index contributed by atoms with van der Waals surface area (Å²) >= 11 is 5.62. The summed E-state index contributed by atoms with van der Waals surface area (Å²) in [5, 5.41) is 4.71. The van der Waals surface area contributed by atoms with Crippen LogP contribution in [0, 0.1) is 4.77 Å². The Hall–Kier alpha value is -1.97. The van der Waals surface area contributed by atoms with Gasteiger partial charge in [-0.2, -0.15) is 9.78 Å². The zero-order valence-electron chi connectivity index (χ0n) is 16.3. The maximum absolute atomic E-state index is 11.9. The summed E-state index contributed by atoms with van der Waals surface area (Å²) in [6, 6.07) is 8.00. The van der Waals surface area contributed by atoms with Gasteiger partial charge in [-0.1, -0.05) is 6.08 Å². The number of aromatic nitrogens is 3. The van der Waals surface area contributed by atoms with Gasteiger partial charge in [-0.3, -0.25) is 4.57 Å². The average molecular weight is 424 g/mol. The van der Waals surface area contributed by atoms with Crippen LogP contribution in [0.2, 0.25) is 0 Å². The molecule has 2 aromatic rings. The number of rotatable bonds is 8. The molecule has 2 heterocycles. The molecule has 1 saturated heterocycles. The summed E-state index contributed by atoms with van der Waals surface area (Å²) in [4.78, 5) is 1.22. The second-order valence-electron chi connectivity index (χ2n) is 7.28. The van der Waals surface area contributed by atoms with Crippen molar-refractivity contribution < 1.29 is 18.1 Å². The monoisotopic (exact) mass is 423 g/mol. The van der Waals surface area contributed by atoms with Gasteiger partial charge in [0.25, 0.3) is 0 Å². The Labute approximate surface area is 171 Å². The molecular formula is C19H27N4O3S2+. The molecular weight excluding hydrogens is 396 g/mol. The van der Waals surface area contributed by atoms with Gasteiger partial charge in [-0.25, -0.2) is 8.42 Å². The number of hydrogen-bond donors (Lipinski definition) is 1. The van der Waals surface area contributed by atoms with Crippen molar-refractivity contribution in [1.82, 2.24) is 14.3 Å². The Bertz CT molecular complexity index is 993. The molecule has 0 aliphatic carbocycles. The van der Waals surface area contributed by atoms with Crippen LogP contribution in [0.25, 0.3) is 0 Å². The van der Waals surface area contributed by atoms with Crippen LogP contribution >= 0.6 is 12.2 Å². The molecule has 1 aliphatic heterocycles. The number of nitrogens with one attached hydrogen (secondary N) is 1. The van der Waals surface area contributed by atoms with Gasteiger partial charge in [0.1, 0.15) is 18.1 Å². The molecule has 7 nitrogen and oxygen atoms in total. The third-order valence-corrected chi connectivity index (χ3v) is 7.14. The predicted octanol–water partition coefficient (Wildman–Crippen LogP) is 1.18. The maximum atomic E-state index is 11.9. The molecule has 1 aromatic heterocycles. The minimum Gasteiger partial charge on any atom is -0.497 e. The van der Waals surface area contributed by atoms with Crippen molar-refractivity contribution in [2.45, 2.75) is 32.1 Å². The number of nitrogens with zero attached hydrogens (tertiary/aromatic N) is 3. The molecule has 0 amide bonds. The number of ether oxygens (including phenoxy) is 1. The molecule has 1 N–H and O–H groups in total. The normalized spacial score (nSPS) is 19.4. The van der Waals surface area contributed by atoms with Crippen LogP contribution in [-0.4, -0.2) is 48.4 Å². The molecule has 0 bridgehead atoms. The summed E-state index contributed by atoms with van der Waals surface area (Å²) in [7, 11) is 0.749. The lowest BCUT2D eigenvalue weighted by molar-refractivity contribution is -0.917. The van der Waals surface area contributed by atoms with Crippen LogP contribution in [0.1, 0.15) is 23.7 Å². The molecule has 3 rings (SSSR count). The summed E-state index contributed by atoms with van der Waals surface area (Å²) in [5.41, 5.74) is 1.19. The summed E-state index contributed by atoms with van der Waals surface area (Å²) in [6.07, 6.45) is 2.36. The molecule has 9 heteroatoms. The zero-order valence-corrected chi connectivity index (χ0v) is 17.9. The van der Waals surface area contributed by atoms with Gasteiger partial charge in [-0.15, -0.1) is 6.58 Å². The second kappa shape index (κ2) is 8.59. The first-order valence-electron chi connectivity index (χ1n) is 9.26. The van der Waals surface area contributed by atoms with Crippen molar-refractivity contribution in [2.24, 2.45) is 0 Å². The van der Waals surface area contributed by atoms with Crippen molar-refractivity contribution >= 4 is 22.1 Å². The van der Waals surface area contributed by atoms with Gasteiger partial charge in [-0.05, 0) is 42.9 Å². The average Bonchev–Trinajstić information content (AvgIpc) is 3.16. The van der Waals surface area contributed by atoms with E-state index in [1.54, 1.807) is 17.9 Å². The van der Waals surface area contributed by atoms with Crippen molar-refractivity contribution in [3.63, 3.8) is 0 Å². The Kier molecular flexibility index (Phi) is 6.36.